The lowest BCUT2D eigenvalue weighted by Gasteiger charge is -2.26. The van der Waals surface area contributed by atoms with Crippen molar-refractivity contribution >= 4 is 15.9 Å². The largest absolute Gasteiger partial charge is 0.497 e. The number of hydrogen-bond acceptors (Lipinski definition) is 5. The molecule has 1 fully saturated rings. The zero-order chi connectivity index (χ0) is 21.7. The smallest absolute Gasteiger partial charge is 0.251 e. The number of sulfonamides is 1. The lowest BCUT2D eigenvalue weighted by atomic mass is 10.1. The summed E-state index contributed by atoms with van der Waals surface area (Å²) in [5.74, 6) is 0.622. The van der Waals surface area contributed by atoms with E-state index in [1.165, 1.54) is 23.5 Å². The molecule has 1 N–H and O–H groups in total. The van der Waals surface area contributed by atoms with Gasteiger partial charge in [0.05, 0.1) is 20.3 Å². The van der Waals surface area contributed by atoms with Gasteiger partial charge >= 0.3 is 0 Å². The Balaban J connectivity index is 1.83. The highest BCUT2D eigenvalue weighted by atomic mass is 32.2. The van der Waals surface area contributed by atoms with Gasteiger partial charge < -0.3 is 14.8 Å². The minimum absolute atomic E-state index is 0.0247. The number of carbonyl (C=O) groups excluding carboxylic acids is 1. The molecule has 0 aliphatic carbocycles. The first kappa shape index (κ1) is 22.1. The Morgan fingerprint density at radius 2 is 1.67 bits per heavy atom. The van der Waals surface area contributed by atoms with Crippen LogP contribution in [0.5, 0.6) is 11.5 Å². The maximum Gasteiger partial charge on any atom is 0.251 e. The van der Waals surface area contributed by atoms with E-state index in [0.29, 0.717) is 13.1 Å². The second-order valence-corrected chi connectivity index (χ2v) is 9.21. The molecule has 3 rings (SSSR count). The van der Waals surface area contributed by atoms with Crippen molar-refractivity contribution in [1.82, 2.24) is 9.62 Å². The van der Waals surface area contributed by atoms with Crippen molar-refractivity contribution in [2.75, 3.05) is 27.3 Å². The molecule has 2 aromatic rings. The van der Waals surface area contributed by atoms with Gasteiger partial charge in [-0.05, 0) is 55.7 Å². The van der Waals surface area contributed by atoms with Crippen molar-refractivity contribution in [3.8, 4) is 11.5 Å². The monoisotopic (exact) mass is 432 g/mol. The van der Waals surface area contributed by atoms with Gasteiger partial charge in [0.15, 0.2) is 0 Å². The summed E-state index contributed by atoms with van der Waals surface area (Å²) >= 11 is 0. The normalized spacial score (nSPS) is 16.0. The van der Waals surface area contributed by atoms with Gasteiger partial charge in [-0.2, -0.15) is 4.31 Å². The van der Waals surface area contributed by atoms with Crippen molar-refractivity contribution < 1.29 is 22.7 Å². The first-order valence-corrected chi connectivity index (χ1v) is 11.4. The summed E-state index contributed by atoms with van der Waals surface area (Å²) in [6, 6.07) is 11.7. The molecule has 1 heterocycles. The number of nitrogens with one attached hydrogen (secondary N) is 1. The SMILES string of the molecule is COc1ccc([C@@H](C)NC(=O)c2ccc(OC)c(S(=O)(=O)N3CCCCC3)c2)cc1. The van der Waals surface area contributed by atoms with E-state index in [0.717, 1.165) is 30.6 Å². The molecule has 1 aliphatic rings. The third-order valence-corrected chi connectivity index (χ3v) is 7.24. The average molecular weight is 433 g/mol. The van der Waals surface area contributed by atoms with Gasteiger partial charge in [-0.25, -0.2) is 8.42 Å². The average Bonchev–Trinajstić information content (AvgIpc) is 2.79. The molecule has 1 saturated heterocycles. The Morgan fingerprint density at radius 1 is 1.00 bits per heavy atom. The topological polar surface area (TPSA) is 84.9 Å². The Labute approximate surface area is 178 Å². The molecule has 7 nitrogen and oxygen atoms in total. The summed E-state index contributed by atoms with van der Waals surface area (Å²) in [4.78, 5) is 12.8. The number of hydrogen-bond donors (Lipinski definition) is 1. The molecule has 162 valence electrons. The third kappa shape index (κ3) is 4.76. The summed E-state index contributed by atoms with van der Waals surface area (Å²) in [6.07, 6.45) is 2.69. The van der Waals surface area contributed by atoms with Crippen LogP contribution in [0.3, 0.4) is 0 Å². The Hall–Kier alpha value is -2.58. The summed E-state index contributed by atoms with van der Waals surface area (Å²) in [7, 11) is -0.711. The molecule has 1 atom stereocenters. The first-order chi connectivity index (χ1) is 14.4. The molecule has 30 heavy (non-hydrogen) atoms. The Kier molecular flexibility index (Phi) is 6.99. The fourth-order valence-corrected chi connectivity index (χ4v) is 5.22. The molecule has 8 heteroatoms. The van der Waals surface area contributed by atoms with E-state index in [1.807, 2.05) is 31.2 Å². The van der Waals surface area contributed by atoms with Crippen LogP contribution in [0.4, 0.5) is 0 Å². The standard InChI is InChI=1S/C22H28N2O5S/c1-16(17-7-10-19(28-2)11-8-17)23-22(25)18-9-12-20(29-3)21(15-18)30(26,27)24-13-5-4-6-14-24/h7-12,15-16H,4-6,13-14H2,1-3H3,(H,23,25)/t16-/m1/s1. The molecule has 1 amide bonds. The molecule has 1 aliphatic heterocycles. The van der Waals surface area contributed by atoms with Gasteiger partial charge in [0.2, 0.25) is 10.0 Å². The summed E-state index contributed by atoms with van der Waals surface area (Å²) in [5.41, 5.74) is 1.19. The zero-order valence-corrected chi connectivity index (χ0v) is 18.4. The number of rotatable bonds is 7. The van der Waals surface area contributed by atoms with Gasteiger partial charge in [0, 0.05) is 18.7 Å². The maximum atomic E-state index is 13.1. The lowest BCUT2D eigenvalue weighted by molar-refractivity contribution is 0.0939. The van der Waals surface area contributed by atoms with Crippen molar-refractivity contribution in [2.24, 2.45) is 0 Å². The summed E-state index contributed by atoms with van der Waals surface area (Å²) in [6.45, 7) is 2.83. The molecule has 0 spiro atoms. The second-order valence-electron chi connectivity index (χ2n) is 7.30. The van der Waals surface area contributed by atoms with Crippen LogP contribution in [0.1, 0.15) is 48.1 Å². The van der Waals surface area contributed by atoms with Crippen LogP contribution in [0, 0.1) is 0 Å². The highest BCUT2D eigenvalue weighted by Crippen LogP contribution is 2.30. The number of ether oxygens (including phenoxy) is 2. The molecular weight excluding hydrogens is 404 g/mol. The van der Waals surface area contributed by atoms with E-state index in [9.17, 15) is 13.2 Å². The highest BCUT2D eigenvalue weighted by Gasteiger charge is 2.29. The predicted octanol–water partition coefficient (Wildman–Crippen LogP) is 3.37. The molecule has 0 saturated carbocycles. The van der Waals surface area contributed by atoms with Crippen molar-refractivity contribution in [3.63, 3.8) is 0 Å². The van der Waals surface area contributed by atoms with Crippen LogP contribution >= 0.6 is 0 Å². The van der Waals surface area contributed by atoms with Gasteiger partial charge in [0.1, 0.15) is 16.4 Å². The fourth-order valence-electron chi connectivity index (χ4n) is 3.52. The van der Waals surface area contributed by atoms with Crippen LogP contribution in [-0.2, 0) is 10.0 Å². The second kappa shape index (κ2) is 9.49. The molecule has 2 aromatic carbocycles. The van der Waals surface area contributed by atoms with E-state index in [-0.39, 0.29) is 28.2 Å². The molecular formula is C22H28N2O5S. The molecule has 0 radical (unpaired) electrons. The zero-order valence-electron chi connectivity index (χ0n) is 17.6. The Bertz CT molecular complexity index is 983. The van der Waals surface area contributed by atoms with E-state index in [2.05, 4.69) is 5.32 Å². The quantitative estimate of drug-likeness (QED) is 0.725. The van der Waals surface area contributed by atoms with Crippen LogP contribution < -0.4 is 14.8 Å². The number of carbonyl (C=O) groups is 1. The Morgan fingerprint density at radius 3 is 2.27 bits per heavy atom. The minimum atomic E-state index is -3.73. The number of benzene rings is 2. The van der Waals surface area contributed by atoms with Gasteiger partial charge in [-0.1, -0.05) is 18.6 Å². The van der Waals surface area contributed by atoms with Gasteiger partial charge in [-0.3, -0.25) is 4.79 Å². The van der Waals surface area contributed by atoms with Crippen LogP contribution in [0.15, 0.2) is 47.4 Å². The van der Waals surface area contributed by atoms with E-state index < -0.39 is 10.0 Å². The number of piperidine rings is 1. The molecule has 0 unspecified atom stereocenters. The van der Waals surface area contributed by atoms with Crippen molar-refractivity contribution in [2.45, 2.75) is 37.1 Å². The van der Waals surface area contributed by atoms with E-state index in [4.69, 9.17) is 9.47 Å². The van der Waals surface area contributed by atoms with Gasteiger partial charge in [-0.15, -0.1) is 0 Å². The van der Waals surface area contributed by atoms with Crippen molar-refractivity contribution in [1.29, 1.82) is 0 Å². The van der Waals surface area contributed by atoms with E-state index >= 15 is 0 Å². The number of methoxy groups -OCH3 is 2. The highest BCUT2D eigenvalue weighted by molar-refractivity contribution is 7.89. The summed E-state index contributed by atoms with van der Waals surface area (Å²) in [5, 5.41) is 2.92. The summed E-state index contributed by atoms with van der Waals surface area (Å²) < 4.78 is 38.2. The molecule has 0 bridgehead atoms. The van der Waals surface area contributed by atoms with Gasteiger partial charge in [0.25, 0.3) is 5.91 Å². The fraction of sp³-hybridized carbons (Fsp3) is 0.409. The van der Waals surface area contributed by atoms with Crippen molar-refractivity contribution in [3.05, 3.63) is 53.6 Å². The number of nitrogens with zero attached hydrogens (tertiary/aromatic N) is 1. The van der Waals surface area contributed by atoms with Crippen LogP contribution in [0.2, 0.25) is 0 Å². The predicted molar refractivity (Wildman–Crippen MR) is 114 cm³/mol. The maximum absolute atomic E-state index is 13.1. The van der Waals surface area contributed by atoms with Crippen LogP contribution in [-0.4, -0.2) is 45.9 Å². The van der Waals surface area contributed by atoms with Crippen LogP contribution in [0.25, 0.3) is 0 Å². The minimum Gasteiger partial charge on any atom is -0.497 e. The third-order valence-electron chi connectivity index (χ3n) is 5.32. The lowest BCUT2D eigenvalue weighted by Crippen LogP contribution is -2.36. The van der Waals surface area contributed by atoms with E-state index in [1.54, 1.807) is 13.2 Å². The first-order valence-electron chi connectivity index (χ1n) is 10.00. The molecule has 0 aromatic heterocycles. The number of amides is 1.